The van der Waals surface area contributed by atoms with Gasteiger partial charge in [0, 0.05) is 11.6 Å². The van der Waals surface area contributed by atoms with Crippen molar-refractivity contribution in [1.82, 2.24) is 4.98 Å². The Morgan fingerprint density at radius 2 is 2.13 bits per heavy atom. The van der Waals surface area contributed by atoms with Crippen LogP contribution in [0.3, 0.4) is 0 Å². The second-order valence-corrected chi connectivity index (χ2v) is 3.57. The van der Waals surface area contributed by atoms with Gasteiger partial charge in [-0.05, 0) is 30.2 Å². The maximum atomic E-state index is 8.98. The number of benzene rings is 1. The highest BCUT2D eigenvalue weighted by Crippen LogP contribution is 2.18. The molecule has 0 aliphatic rings. The summed E-state index contributed by atoms with van der Waals surface area (Å²) in [5.41, 5.74) is 3.04. The van der Waals surface area contributed by atoms with Gasteiger partial charge in [-0.3, -0.25) is 4.98 Å². The Labute approximate surface area is 88.9 Å². The van der Waals surface area contributed by atoms with Crippen molar-refractivity contribution in [3.05, 3.63) is 47.7 Å². The minimum atomic E-state index is 0.0939. The molecule has 1 aromatic carbocycles. The van der Waals surface area contributed by atoms with E-state index in [1.54, 1.807) is 6.20 Å². The van der Waals surface area contributed by atoms with Crippen LogP contribution in [0.2, 0.25) is 0 Å². The van der Waals surface area contributed by atoms with Crippen LogP contribution in [0.15, 0.2) is 42.1 Å². The third kappa shape index (κ3) is 2.05. The number of aliphatic hydroxyl groups is 1. The molecule has 15 heavy (non-hydrogen) atoms. The van der Waals surface area contributed by atoms with E-state index in [-0.39, 0.29) is 6.61 Å². The lowest BCUT2D eigenvalue weighted by Crippen LogP contribution is -1.86. The smallest absolute Gasteiger partial charge is 0.0707 e. The van der Waals surface area contributed by atoms with E-state index in [4.69, 9.17) is 5.11 Å². The highest BCUT2D eigenvalue weighted by Gasteiger charge is 1.98. The Balaban J connectivity index is 2.61. The summed E-state index contributed by atoms with van der Waals surface area (Å²) in [7, 11) is 0. The number of hydrogen-bond acceptors (Lipinski definition) is 2. The van der Waals surface area contributed by atoms with Gasteiger partial charge in [0.15, 0.2) is 0 Å². The molecule has 0 amide bonds. The van der Waals surface area contributed by atoms with Gasteiger partial charge in [-0.15, -0.1) is 0 Å². The molecule has 0 bridgehead atoms. The summed E-state index contributed by atoms with van der Waals surface area (Å²) in [6, 6.07) is 9.96. The number of rotatable bonds is 2. The average molecular weight is 199 g/mol. The lowest BCUT2D eigenvalue weighted by Gasteiger charge is -2.02. The molecule has 1 heterocycles. The summed E-state index contributed by atoms with van der Waals surface area (Å²) in [4.78, 5) is 4.28. The van der Waals surface area contributed by atoms with Gasteiger partial charge in [0.1, 0.15) is 0 Å². The molecular formula is C13H13NO. The molecule has 1 N–H and O–H groups in total. The van der Waals surface area contributed by atoms with Gasteiger partial charge in [-0.1, -0.05) is 24.3 Å². The summed E-state index contributed by atoms with van der Waals surface area (Å²) in [5.74, 6) is 0. The molecule has 0 saturated carbocycles. The molecule has 1 aromatic heterocycles. The van der Waals surface area contributed by atoms with Crippen molar-refractivity contribution in [2.24, 2.45) is 0 Å². The normalized spacial score (nSPS) is 12.0. The Morgan fingerprint density at radius 1 is 1.33 bits per heavy atom. The van der Waals surface area contributed by atoms with Crippen molar-refractivity contribution in [3.8, 4) is 0 Å². The Morgan fingerprint density at radius 3 is 2.93 bits per heavy atom. The predicted molar refractivity (Wildman–Crippen MR) is 62.5 cm³/mol. The zero-order valence-electron chi connectivity index (χ0n) is 8.64. The zero-order valence-corrected chi connectivity index (χ0v) is 8.64. The summed E-state index contributed by atoms with van der Waals surface area (Å²) in [5, 5.41) is 10.1. The molecule has 0 radical (unpaired) electrons. The minimum absolute atomic E-state index is 0.0939. The van der Waals surface area contributed by atoms with Crippen molar-refractivity contribution < 1.29 is 5.11 Å². The molecule has 0 spiro atoms. The van der Waals surface area contributed by atoms with E-state index in [2.05, 4.69) is 4.98 Å². The summed E-state index contributed by atoms with van der Waals surface area (Å²) < 4.78 is 0. The van der Waals surface area contributed by atoms with Gasteiger partial charge < -0.3 is 5.11 Å². The van der Waals surface area contributed by atoms with Crippen LogP contribution < -0.4 is 0 Å². The zero-order chi connectivity index (χ0) is 10.7. The number of fused-ring (bicyclic) bond motifs is 1. The number of hydrogen-bond donors (Lipinski definition) is 1. The molecule has 2 aromatic rings. The van der Waals surface area contributed by atoms with Crippen LogP contribution in [0, 0.1) is 0 Å². The Hall–Kier alpha value is -1.67. The first kappa shape index (κ1) is 9.87. The Kier molecular flexibility index (Phi) is 2.79. The first-order valence-corrected chi connectivity index (χ1v) is 4.93. The van der Waals surface area contributed by atoms with E-state index >= 15 is 0 Å². The maximum absolute atomic E-state index is 8.98. The van der Waals surface area contributed by atoms with Crippen molar-refractivity contribution in [2.45, 2.75) is 6.92 Å². The minimum Gasteiger partial charge on any atom is -0.392 e. The summed E-state index contributed by atoms with van der Waals surface area (Å²) >= 11 is 0. The molecule has 0 aliphatic carbocycles. The lowest BCUT2D eigenvalue weighted by molar-refractivity contribution is 0.332. The average Bonchev–Trinajstić information content (AvgIpc) is 2.29. The lowest BCUT2D eigenvalue weighted by atomic mass is 10.1. The number of pyridine rings is 1. The molecule has 0 fully saturated rings. The van der Waals surface area contributed by atoms with Crippen LogP contribution in [-0.4, -0.2) is 16.7 Å². The van der Waals surface area contributed by atoms with Crippen molar-refractivity contribution >= 4 is 17.0 Å². The van der Waals surface area contributed by atoms with E-state index < -0.39 is 0 Å². The van der Waals surface area contributed by atoms with Gasteiger partial charge in [-0.25, -0.2) is 0 Å². The number of aliphatic hydroxyl groups excluding tert-OH is 1. The van der Waals surface area contributed by atoms with Gasteiger partial charge in [0.05, 0.1) is 12.1 Å². The molecule has 0 atom stereocenters. The van der Waals surface area contributed by atoms with Crippen molar-refractivity contribution in [2.75, 3.05) is 6.61 Å². The van der Waals surface area contributed by atoms with Crippen LogP contribution in [0.5, 0.6) is 0 Å². The first-order chi connectivity index (χ1) is 7.31. The van der Waals surface area contributed by atoms with Crippen LogP contribution in [0.1, 0.15) is 12.5 Å². The standard InChI is InChI=1S/C13H13NO/c1-10(9-15)8-11-6-7-14-13-5-3-2-4-12(11)13/h2-8,15H,9H2,1H3. The fourth-order valence-electron chi connectivity index (χ4n) is 1.55. The number of aromatic nitrogens is 1. The third-order valence-corrected chi connectivity index (χ3v) is 2.33. The number of nitrogens with zero attached hydrogens (tertiary/aromatic N) is 1. The second kappa shape index (κ2) is 4.24. The third-order valence-electron chi connectivity index (χ3n) is 2.33. The molecular weight excluding hydrogens is 186 g/mol. The summed E-state index contributed by atoms with van der Waals surface area (Å²) in [6.07, 6.45) is 3.78. The second-order valence-electron chi connectivity index (χ2n) is 3.57. The largest absolute Gasteiger partial charge is 0.392 e. The van der Waals surface area contributed by atoms with E-state index in [1.165, 1.54) is 0 Å². The summed E-state index contributed by atoms with van der Waals surface area (Å²) in [6.45, 7) is 2.01. The van der Waals surface area contributed by atoms with Crippen LogP contribution in [0.25, 0.3) is 17.0 Å². The molecule has 0 unspecified atom stereocenters. The van der Waals surface area contributed by atoms with Gasteiger partial charge in [-0.2, -0.15) is 0 Å². The van der Waals surface area contributed by atoms with Crippen molar-refractivity contribution in [3.63, 3.8) is 0 Å². The molecule has 0 aliphatic heterocycles. The monoisotopic (exact) mass is 199 g/mol. The SMILES string of the molecule is CC(=Cc1ccnc2ccccc12)CO. The van der Waals surface area contributed by atoms with Crippen LogP contribution in [0.4, 0.5) is 0 Å². The highest BCUT2D eigenvalue weighted by atomic mass is 16.3. The number of para-hydroxylation sites is 1. The fraction of sp³-hybridized carbons (Fsp3) is 0.154. The topological polar surface area (TPSA) is 33.1 Å². The molecule has 2 rings (SSSR count). The molecule has 76 valence electrons. The van der Waals surface area contributed by atoms with E-state index in [0.29, 0.717) is 0 Å². The molecule has 2 heteroatoms. The van der Waals surface area contributed by atoms with Crippen LogP contribution in [-0.2, 0) is 0 Å². The highest BCUT2D eigenvalue weighted by molar-refractivity contribution is 5.87. The first-order valence-electron chi connectivity index (χ1n) is 4.93. The fourth-order valence-corrected chi connectivity index (χ4v) is 1.55. The molecule has 0 saturated heterocycles. The van der Waals surface area contributed by atoms with E-state index in [1.807, 2.05) is 43.3 Å². The predicted octanol–water partition coefficient (Wildman–Crippen LogP) is 2.63. The van der Waals surface area contributed by atoms with Crippen molar-refractivity contribution in [1.29, 1.82) is 0 Å². The van der Waals surface area contributed by atoms with Crippen LogP contribution >= 0.6 is 0 Å². The Bertz CT molecular complexity index is 497. The van der Waals surface area contributed by atoms with E-state index in [0.717, 1.165) is 22.0 Å². The molecule has 2 nitrogen and oxygen atoms in total. The van der Waals surface area contributed by atoms with E-state index in [9.17, 15) is 0 Å². The maximum Gasteiger partial charge on any atom is 0.0707 e. The van der Waals surface area contributed by atoms with Gasteiger partial charge >= 0.3 is 0 Å². The van der Waals surface area contributed by atoms with Gasteiger partial charge in [0.2, 0.25) is 0 Å². The quantitative estimate of drug-likeness (QED) is 0.806. The van der Waals surface area contributed by atoms with Gasteiger partial charge in [0.25, 0.3) is 0 Å².